The number of amides is 1. The highest BCUT2D eigenvalue weighted by atomic mass is 19.1. The van der Waals surface area contributed by atoms with Crippen molar-refractivity contribution in [2.24, 2.45) is 5.73 Å². The van der Waals surface area contributed by atoms with Gasteiger partial charge in [-0.15, -0.1) is 0 Å². The number of nitrogens with zero attached hydrogens (tertiary/aromatic N) is 1. The molecule has 0 saturated carbocycles. The molecular formula is C6H11FN2O. The summed E-state index contributed by atoms with van der Waals surface area (Å²) in [6.07, 6.45) is -0.373. The van der Waals surface area contributed by atoms with E-state index >= 15 is 0 Å². The zero-order valence-electron chi connectivity index (χ0n) is 5.72. The Bertz CT molecular complexity index is 140. The second-order valence-corrected chi connectivity index (χ2v) is 2.43. The number of alkyl halides is 1. The number of carbonyl (C=O) groups is 1. The largest absolute Gasteiger partial charge is 0.339 e. The molecule has 3 nitrogen and oxygen atoms in total. The lowest BCUT2D eigenvalue weighted by molar-refractivity contribution is -0.128. The summed E-state index contributed by atoms with van der Waals surface area (Å²) in [5, 5.41) is 0. The zero-order valence-corrected chi connectivity index (χ0v) is 5.72. The van der Waals surface area contributed by atoms with Crippen molar-refractivity contribution in [2.75, 3.05) is 19.6 Å². The molecule has 1 aliphatic heterocycles. The van der Waals surface area contributed by atoms with Crippen molar-refractivity contribution in [3.63, 3.8) is 0 Å². The minimum atomic E-state index is -0.838. The van der Waals surface area contributed by atoms with Gasteiger partial charge in [-0.05, 0) is 6.42 Å². The summed E-state index contributed by atoms with van der Waals surface area (Å²) >= 11 is 0. The van der Waals surface area contributed by atoms with E-state index in [1.165, 1.54) is 4.90 Å². The number of halogens is 1. The molecule has 0 radical (unpaired) electrons. The predicted molar refractivity (Wildman–Crippen MR) is 35.1 cm³/mol. The average molecular weight is 146 g/mol. The van der Waals surface area contributed by atoms with Crippen LogP contribution in [-0.2, 0) is 4.79 Å². The maximum absolute atomic E-state index is 12.4. The number of nitrogens with two attached hydrogens (primary N) is 1. The van der Waals surface area contributed by atoms with Crippen LogP contribution < -0.4 is 5.73 Å². The molecule has 0 aromatic heterocycles. The first-order valence-corrected chi connectivity index (χ1v) is 3.36. The molecule has 0 aliphatic carbocycles. The van der Waals surface area contributed by atoms with E-state index in [4.69, 9.17) is 5.73 Å². The van der Waals surface area contributed by atoms with Crippen molar-refractivity contribution in [2.45, 2.75) is 12.6 Å². The third-order valence-corrected chi connectivity index (χ3v) is 1.66. The number of hydrogen-bond acceptors (Lipinski definition) is 2. The lowest BCUT2D eigenvalue weighted by Crippen LogP contribution is -2.34. The highest BCUT2D eigenvalue weighted by Gasteiger charge is 2.24. The Morgan fingerprint density at radius 3 is 2.90 bits per heavy atom. The lowest BCUT2D eigenvalue weighted by atomic mass is 10.3. The molecule has 1 aliphatic rings. The van der Waals surface area contributed by atoms with Crippen LogP contribution in [0.15, 0.2) is 0 Å². The summed E-state index contributed by atoms with van der Waals surface area (Å²) in [6, 6.07) is 0. The van der Waals surface area contributed by atoms with E-state index in [1.807, 2.05) is 0 Å². The van der Waals surface area contributed by atoms with Crippen LogP contribution >= 0.6 is 0 Å². The van der Waals surface area contributed by atoms with E-state index in [0.29, 0.717) is 13.0 Å². The fraction of sp³-hybridized carbons (Fsp3) is 0.833. The lowest BCUT2D eigenvalue weighted by Gasteiger charge is -2.12. The Labute approximate surface area is 59.0 Å². The molecule has 1 rings (SSSR count). The van der Waals surface area contributed by atoms with Crippen LogP contribution in [-0.4, -0.2) is 36.6 Å². The first kappa shape index (κ1) is 7.47. The fourth-order valence-electron chi connectivity index (χ4n) is 1.07. The van der Waals surface area contributed by atoms with Gasteiger partial charge in [0.2, 0.25) is 5.91 Å². The molecule has 1 fully saturated rings. The Morgan fingerprint density at radius 1 is 1.80 bits per heavy atom. The molecule has 0 bridgehead atoms. The molecule has 1 amide bonds. The highest BCUT2D eigenvalue weighted by Crippen LogP contribution is 2.11. The van der Waals surface area contributed by atoms with Gasteiger partial charge in [0.25, 0.3) is 0 Å². The van der Waals surface area contributed by atoms with Gasteiger partial charge in [-0.2, -0.15) is 0 Å². The summed E-state index contributed by atoms with van der Waals surface area (Å²) in [7, 11) is 0. The van der Waals surface area contributed by atoms with Gasteiger partial charge in [0.15, 0.2) is 0 Å². The van der Waals surface area contributed by atoms with Crippen LogP contribution in [0.25, 0.3) is 0 Å². The maximum Gasteiger partial charge on any atom is 0.236 e. The van der Waals surface area contributed by atoms with Crippen molar-refractivity contribution in [1.29, 1.82) is 0 Å². The average Bonchev–Trinajstić information content (AvgIpc) is 2.34. The Balaban J connectivity index is 2.37. The van der Waals surface area contributed by atoms with E-state index in [2.05, 4.69) is 0 Å². The number of hydrogen-bond donors (Lipinski definition) is 1. The van der Waals surface area contributed by atoms with Crippen LogP contribution in [0.1, 0.15) is 6.42 Å². The van der Waals surface area contributed by atoms with Crippen LogP contribution in [0.5, 0.6) is 0 Å². The predicted octanol–water partition coefficient (Wildman–Crippen LogP) is -0.484. The molecule has 0 aromatic rings. The minimum absolute atomic E-state index is 0.00722. The minimum Gasteiger partial charge on any atom is -0.339 e. The van der Waals surface area contributed by atoms with Gasteiger partial charge in [-0.1, -0.05) is 0 Å². The van der Waals surface area contributed by atoms with Gasteiger partial charge in [-0.25, -0.2) is 4.39 Å². The zero-order chi connectivity index (χ0) is 7.56. The number of likely N-dealkylation sites (tertiary alicyclic amines) is 1. The number of carbonyl (C=O) groups excluding carboxylic acids is 1. The molecule has 1 heterocycles. The Morgan fingerprint density at radius 2 is 2.50 bits per heavy atom. The summed E-state index contributed by atoms with van der Waals surface area (Å²) in [4.78, 5) is 12.3. The quantitative estimate of drug-likeness (QED) is 0.543. The molecule has 10 heavy (non-hydrogen) atoms. The van der Waals surface area contributed by atoms with Crippen molar-refractivity contribution in [3.05, 3.63) is 0 Å². The first-order valence-electron chi connectivity index (χ1n) is 3.36. The molecule has 0 aromatic carbocycles. The maximum atomic E-state index is 12.4. The Kier molecular flexibility index (Phi) is 2.21. The molecule has 0 spiro atoms. The standard InChI is InChI=1S/C6H11FN2O/c7-5-1-2-9(4-5)6(10)3-8/h5H,1-4,8H2/t5-/m0/s1. The molecule has 0 unspecified atom stereocenters. The van der Waals surface area contributed by atoms with Gasteiger partial charge in [0, 0.05) is 6.54 Å². The second kappa shape index (κ2) is 2.96. The number of rotatable bonds is 1. The van der Waals surface area contributed by atoms with Gasteiger partial charge in [0.05, 0.1) is 13.1 Å². The van der Waals surface area contributed by atoms with Crippen LogP contribution in [0.2, 0.25) is 0 Å². The van der Waals surface area contributed by atoms with Gasteiger partial charge in [-0.3, -0.25) is 4.79 Å². The van der Waals surface area contributed by atoms with E-state index < -0.39 is 6.17 Å². The molecule has 2 N–H and O–H groups in total. The SMILES string of the molecule is NCC(=O)N1CC[C@H](F)C1. The summed E-state index contributed by atoms with van der Waals surface area (Å²) < 4.78 is 12.4. The van der Waals surface area contributed by atoms with Gasteiger partial charge < -0.3 is 10.6 Å². The van der Waals surface area contributed by atoms with Crippen LogP contribution in [0, 0.1) is 0 Å². The summed E-state index contributed by atoms with van der Waals surface area (Å²) in [5.41, 5.74) is 5.08. The van der Waals surface area contributed by atoms with E-state index in [-0.39, 0.29) is 19.0 Å². The molecular weight excluding hydrogens is 135 g/mol. The second-order valence-electron chi connectivity index (χ2n) is 2.43. The van der Waals surface area contributed by atoms with Crippen LogP contribution in [0.4, 0.5) is 4.39 Å². The first-order chi connectivity index (χ1) is 4.74. The molecule has 4 heteroatoms. The summed E-state index contributed by atoms with van der Waals surface area (Å²) in [5.74, 6) is -0.153. The van der Waals surface area contributed by atoms with Crippen molar-refractivity contribution in [1.82, 2.24) is 4.90 Å². The molecule has 58 valence electrons. The Hall–Kier alpha value is -0.640. The van der Waals surface area contributed by atoms with Gasteiger partial charge >= 0.3 is 0 Å². The monoisotopic (exact) mass is 146 g/mol. The fourth-order valence-corrected chi connectivity index (χ4v) is 1.07. The van der Waals surface area contributed by atoms with Crippen molar-refractivity contribution in [3.8, 4) is 0 Å². The van der Waals surface area contributed by atoms with Crippen LogP contribution in [0.3, 0.4) is 0 Å². The smallest absolute Gasteiger partial charge is 0.236 e. The summed E-state index contributed by atoms with van der Waals surface area (Å²) in [6.45, 7) is 0.750. The normalized spacial score (nSPS) is 25.4. The van der Waals surface area contributed by atoms with E-state index in [1.54, 1.807) is 0 Å². The molecule has 1 atom stereocenters. The highest BCUT2D eigenvalue weighted by molar-refractivity contribution is 5.78. The third kappa shape index (κ3) is 1.44. The molecule has 1 saturated heterocycles. The van der Waals surface area contributed by atoms with Gasteiger partial charge in [0.1, 0.15) is 6.17 Å². The van der Waals surface area contributed by atoms with Crippen molar-refractivity contribution >= 4 is 5.91 Å². The van der Waals surface area contributed by atoms with E-state index in [0.717, 1.165) is 0 Å². The topological polar surface area (TPSA) is 46.3 Å². The third-order valence-electron chi connectivity index (χ3n) is 1.66. The van der Waals surface area contributed by atoms with Crippen molar-refractivity contribution < 1.29 is 9.18 Å². The van der Waals surface area contributed by atoms with E-state index in [9.17, 15) is 9.18 Å².